The van der Waals surface area contributed by atoms with Gasteiger partial charge in [0.2, 0.25) is 0 Å². The lowest BCUT2D eigenvalue weighted by molar-refractivity contribution is 0.267. The van der Waals surface area contributed by atoms with Crippen LogP contribution in [0.3, 0.4) is 0 Å². The zero-order valence-electron chi connectivity index (χ0n) is 13.5. The molecule has 0 aliphatic carbocycles. The van der Waals surface area contributed by atoms with Gasteiger partial charge in [-0.05, 0) is 50.2 Å². The lowest BCUT2D eigenvalue weighted by Crippen LogP contribution is -2.42. The third-order valence-electron chi connectivity index (χ3n) is 4.48. The summed E-state index contributed by atoms with van der Waals surface area (Å²) in [5.74, 6) is 0.521. The molecular weight excluding hydrogens is 354 g/mol. The first-order chi connectivity index (χ1) is 11.2. The summed E-state index contributed by atoms with van der Waals surface area (Å²) in [5, 5.41) is 4.45. The number of nitrogens with zero attached hydrogens (tertiary/aromatic N) is 2. The average molecular weight is 378 g/mol. The maximum atomic E-state index is 6.00. The van der Waals surface area contributed by atoms with E-state index in [-0.39, 0.29) is 0 Å². The molecule has 23 heavy (non-hydrogen) atoms. The highest BCUT2D eigenvalue weighted by Gasteiger charge is 2.22. The number of benzene rings is 1. The van der Waals surface area contributed by atoms with Gasteiger partial charge in [0.25, 0.3) is 0 Å². The molecule has 1 saturated heterocycles. The van der Waals surface area contributed by atoms with Crippen LogP contribution in [0.25, 0.3) is 10.9 Å². The van der Waals surface area contributed by atoms with E-state index in [4.69, 9.17) is 5.73 Å². The van der Waals surface area contributed by atoms with Crippen LogP contribution in [-0.4, -0.2) is 41.5 Å². The third-order valence-corrected chi connectivity index (χ3v) is 4.98. The monoisotopic (exact) mass is 377 g/mol. The smallest absolute Gasteiger partial charge is 0.189 e. The van der Waals surface area contributed by atoms with E-state index in [2.05, 4.69) is 61.2 Å². The van der Waals surface area contributed by atoms with E-state index in [9.17, 15) is 0 Å². The Labute approximate surface area is 145 Å². The Kier molecular flexibility index (Phi) is 5.23. The van der Waals surface area contributed by atoms with Gasteiger partial charge in [-0.25, -0.2) is 4.99 Å². The lowest BCUT2D eigenvalue weighted by Gasteiger charge is -2.23. The Balaban J connectivity index is 1.55. The Bertz CT molecular complexity index is 693. The van der Waals surface area contributed by atoms with Crippen molar-refractivity contribution in [1.29, 1.82) is 0 Å². The predicted molar refractivity (Wildman–Crippen MR) is 99.6 cm³/mol. The first-order valence-electron chi connectivity index (χ1n) is 8.20. The van der Waals surface area contributed by atoms with Gasteiger partial charge in [-0.2, -0.15) is 0 Å². The SMILES string of the molecule is CCN1CCCC1CNC(N)=NCc1cc2cc(Br)ccc2[nH]1. The van der Waals surface area contributed by atoms with E-state index < -0.39 is 0 Å². The predicted octanol–water partition coefficient (Wildman–Crippen LogP) is 2.82. The summed E-state index contributed by atoms with van der Waals surface area (Å²) in [7, 11) is 0. The van der Waals surface area contributed by atoms with Crippen molar-refractivity contribution in [3.8, 4) is 0 Å². The fourth-order valence-corrected chi connectivity index (χ4v) is 3.62. The molecule has 1 unspecified atom stereocenters. The number of hydrogen-bond acceptors (Lipinski definition) is 2. The average Bonchev–Trinajstić information content (AvgIpc) is 3.16. The van der Waals surface area contributed by atoms with E-state index in [1.165, 1.54) is 24.8 Å². The number of halogens is 1. The van der Waals surface area contributed by atoms with Crippen molar-refractivity contribution < 1.29 is 0 Å². The second-order valence-electron chi connectivity index (χ2n) is 6.03. The van der Waals surface area contributed by atoms with Gasteiger partial charge in [0.05, 0.1) is 6.54 Å². The fraction of sp³-hybridized carbons (Fsp3) is 0.471. The Morgan fingerprint density at radius 1 is 1.48 bits per heavy atom. The van der Waals surface area contributed by atoms with Crippen molar-refractivity contribution in [1.82, 2.24) is 15.2 Å². The van der Waals surface area contributed by atoms with Crippen molar-refractivity contribution in [2.45, 2.75) is 32.4 Å². The number of hydrogen-bond donors (Lipinski definition) is 3. The van der Waals surface area contributed by atoms with Crippen molar-refractivity contribution in [2.75, 3.05) is 19.6 Å². The molecule has 1 atom stereocenters. The van der Waals surface area contributed by atoms with Gasteiger partial charge in [0, 0.05) is 33.7 Å². The van der Waals surface area contributed by atoms with E-state index >= 15 is 0 Å². The number of likely N-dealkylation sites (N-methyl/N-ethyl adjacent to an activating group) is 1. The molecule has 1 fully saturated rings. The molecule has 1 aromatic carbocycles. The highest BCUT2D eigenvalue weighted by atomic mass is 79.9. The highest BCUT2D eigenvalue weighted by Crippen LogP contribution is 2.20. The van der Waals surface area contributed by atoms with E-state index in [1.54, 1.807) is 0 Å². The number of nitrogens with one attached hydrogen (secondary N) is 2. The van der Waals surface area contributed by atoms with Crippen LogP contribution in [0.15, 0.2) is 33.7 Å². The summed E-state index contributed by atoms with van der Waals surface area (Å²) in [5.41, 5.74) is 8.19. The minimum atomic E-state index is 0.521. The summed E-state index contributed by atoms with van der Waals surface area (Å²) >= 11 is 3.49. The third kappa shape index (κ3) is 4.06. The molecule has 0 radical (unpaired) electrons. The molecule has 2 aromatic rings. The standard InChI is InChI=1S/C17H24BrN5/c1-2-23-7-3-4-15(23)11-21-17(19)20-10-14-9-12-8-13(18)5-6-16(12)22-14/h5-6,8-9,15,22H,2-4,7,10-11H2,1H3,(H3,19,20,21). The zero-order valence-corrected chi connectivity index (χ0v) is 15.1. The van der Waals surface area contributed by atoms with Gasteiger partial charge in [-0.1, -0.05) is 22.9 Å². The Morgan fingerprint density at radius 2 is 2.35 bits per heavy atom. The molecule has 2 heterocycles. The van der Waals surface area contributed by atoms with E-state index in [1.807, 2.05) is 6.07 Å². The molecule has 0 amide bonds. The molecule has 0 saturated carbocycles. The molecular formula is C17H24BrN5. The number of aromatic nitrogens is 1. The summed E-state index contributed by atoms with van der Waals surface area (Å²) < 4.78 is 1.08. The zero-order chi connectivity index (χ0) is 16.2. The van der Waals surface area contributed by atoms with Gasteiger partial charge in [0.1, 0.15) is 0 Å². The molecule has 3 rings (SSSR count). The molecule has 0 bridgehead atoms. The number of aliphatic imine (C=N–C) groups is 1. The van der Waals surface area contributed by atoms with Crippen LogP contribution >= 0.6 is 15.9 Å². The highest BCUT2D eigenvalue weighted by molar-refractivity contribution is 9.10. The quantitative estimate of drug-likeness (QED) is 0.554. The van der Waals surface area contributed by atoms with Crippen LogP contribution in [-0.2, 0) is 6.54 Å². The maximum absolute atomic E-state index is 6.00. The number of aromatic amines is 1. The first-order valence-corrected chi connectivity index (χ1v) is 9.00. The minimum absolute atomic E-state index is 0.521. The van der Waals surface area contributed by atoms with Crippen LogP contribution in [0.4, 0.5) is 0 Å². The number of fused-ring (bicyclic) bond motifs is 1. The van der Waals surface area contributed by atoms with Crippen LogP contribution in [0.2, 0.25) is 0 Å². The molecule has 124 valence electrons. The summed E-state index contributed by atoms with van der Waals surface area (Å²) in [4.78, 5) is 10.3. The van der Waals surface area contributed by atoms with Gasteiger partial charge in [0.15, 0.2) is 5.96 Å². The number of likely N-dealkylation sites (tertiary alicyclic amines) is 1. The molecule has 0 spiro atoms. The summed E-state index contributed by atoms with van der Waals surface area (Å²) in [6, 6.07) is 8.89. The second-order valence-corrected chi connectivity index (χ2v) is 6.95. The molecule has 1 aliphatic heterocycles. The fourth-order valence-electron chi connectivity index (χ4n) is 3.24. The topological polar surface area (TPSA) is 69.4 Å². The van der Waals surface area contributed by atoms with Crippen molar-refractivity contribution in [3.05, 3.63) is 34.4 Å². The summed E-state index contributed by atoms with van der Waals surface area (Å²) in [6.07, 6.45) is 2.52. The maximum Gasteiger partial charge on any atom is 0.189 e. The van der Waals surface area contributed by atoms with Crippen molar-refractivity contribution in [2.24, 2.45) is 10.7 Å². The normalized spacial score (nSPS) is 19.6. The summed E-state index contributed by atoms with van der Waals surface area (Å²) in [6.45, 7) is 5.96. The lowest BCUT2D eigenvalue weighted by atomic mass is 10.2. The molecule has 5 nitrogen and oxygen atoms in total. The van der Waals surface area contributed by atoms with Crippen LogP contribution in [0.1, 0.15) is 25.5 Å². The van der Waals surface area contributed by atoms with Crippen LogP contribution in [0, 0.1) is 0 Å². The van der Waals surface area contributed by atoms with Crippen LogP contribution in [0.5, 0.6) is 0 Å². The molecule has 6 heteroatoms. The Morgan fingerprint density at radius 3 is 3.17 bits per heavy atom. The first kappa shape index (κ1) is 16.3. The second kappa shape index (κ2) is 7.36. The number of guanidine groups is 1. The van der Waals surface area contributed by atoms with Gasteiger partial charge in [-0.3, -0.25) is 4.90 Å². The Hall–Kier alpha value is -1.53. The van der Waals surface area contributed by atoms with Crippen LogP contribution < -0.4 is 11.1 Å². The molecule has 1 aromatic heterocycles. The number of H-pyrrole nitrogens is 1. The largest absolute Gasteiger partial charge is 0.370 e. The van der Waals surface area contributed by atoms with E-state index in [0.717, 1.165) is 28.8 Å². The van der Waals surface area contributed by atoms with Crippen molar-refractivity contribution in [3.63, 3.8) is 0 Å². The van der Waals surface area contributed by atoms with Gasteiger partial charge in [-0.15, -0.1) is 0 Å². The van der Waals surface area contributed by atoms with Gasteiger partial charge >= 0.3 is 0 Å². The van der Waals surface area contributed by atoms with E-state index in [0.29, 0.717) is 18.5 Å². The van der Waals surface area contributed by atoms with Crippen molar-refractivity contribution >= 4 is 32.8 Å². The number of nitrogens with two attached hydrogens (primary N) is 1. The number of rotatable bonds is 5. The van der Waals surface area contributed by atoms with Gasteiger partial charge < -0.3 is 16.0 Å². The minimum Gasteiger partial charge on any atom is -0.370 e. The molecule has 1 aliphatic rings. The molecule has 4 N–H and O–H groups in total.